The lowest BCUT2D eigenvalue weighted by Gasteiger charge is -2.22. The van der Waals surface area contributed by atoms with E-state index in [1.165, 1.54) is 6.20 Å². The van der Waals surface area contributed by atoms with Gasteiger partial charge in [0.25, 0.3) is 5.91 Å². The third-order valence-corrected chi connectivity index (χ3v) is 19.8. The van der Waals surface area contributed by atoms with Crippen molar-refractivity contribution in [2.24, 2.45) is 5.11 Å². The quantitative estimate of drug-likeness (QED) is 0.00161. The summed E-state index contributed by atoms with van der Waals surface area (Å²) < 4.78 is 87.7. The van der Waals surface area contributed by atoms with Crippen LogP contribution in [0.5, 0.6) is 0 Å². The number of unbranched alkanes of at least 4 members (excludes halogenated alkanes) is 2. The molecular formula is C54H72N11O21P3S2. The molecule has 3 aromatic rings. The summed E-state index contributed by atoms with van der Waals surface area (Å²) in [7, 11) is -13.8. The van der Waals surface area contributed by atoms with Crippen LogP contribution < -0.4 is 38.5 Å². The van der Waals surface area contributed by atoms with Crippen molar-refractivity contribution in [2.45, 2.75) is 88.9 Å². The number of carbonyl (C=O) groups is 3. The molecule has 3 aliphatic rings. The molecule has 12 N–H and O–H groups in total. The molecule has 6 rings (SSSR count). The predicted octanol–water partition coefficient (Wildman–Crippen LogP) is 7.13. The Bertz CT molecular complexity index is 3670. The molecule has 2 aromatic carbocycles. The first-order valence-corrected chi connectivity index (χ1v) is 34.9. The number of anilines is 2. The number of rotatable bonds is 37. The van der Waals surface area contributed by atoms with Crippen molar-refractivity contribution in [3.63, 3.8) is 0 Å². The average molecular weight is 1370 g/mol. The number of urea groups is 1. The second-order valence-electron chi connectivity index (χ2n) is 20.5. The van der Waals surface area contributed by atoms with Crippen LogP contribution in [0.25, 0.3) is 43.9 Å². The summed E-state index contributed by atoms with van der Waals surface area (Å²) in [4.78, 5) is 94.0. The van der Waals surface area contributed by atoms with Gasteiger partial charge in [0, 0.05) is 94.9 Å². The van der Waals surface area contributed by atoms with Crippen LogP contribution in [0.2, 0.25) is 0 Å². The summed E-state index contributed by atoms with van der Waals surface area (Å²) in [6.45, 7) is 7.24. The first kappa shape index (κ1) is 73.6. The van der Waals surface area contributed by atoms with Gasteiger partial charge in [-0.05, 0) is 106 Å². The van der Waals surface area contributed by atoms with Gasteiger partial charge in [0.2, 0.25) is 0 Å². The number of fused-ring (bicyclic) bond motifs is 2. The van der Waals surface area contributed by atoms with Gasteiger partial charge in [-0.15, -0.1) is 0 Å². The maximum absolute atomic E-state index is 13.2. The molecule has 32 nitrogen and oxygen atoms in total. The number of carbonyl (C=O) groups excluding carboxylic acids is 3. The highest BCUT2D eigenvalue weighted by molar-refractivity contribution is 8.77. The van der Waals surface area contributed by atoms with Crippen LogP contribution in [0, 0.1) is 24.2 Å². The van der Waals surface area contributed by atoms with Crippen LogP contribution in [0.1, 0.15) is 86.5 Å². The molecule has 2 aliphatic heterocycles. The molecule has 1 aliphatic carbocycles. The maximum Gasteiger partial charge on any atom is 0.490 e. The van der Waals surface area contributed by atoms with Crippen molar-refractivity contribution < 1.29 is 93.6 Å². The zero-order chi connectivity index (χ0) is 66.2. The highest BCUT2D eigenvalue weighted by Gasteiger charge is 2.44. The number of ether oxygens (including phenoxy) is 6. The Kier molecular flexibility index (Phi) is 28.8. The Morgan fingerprint density at radius 3 is 2.44 bits per heavy atom. The Hall–Kier alpha value is -6.40. The Morgan fingerprint density at radius 2 is 1.67 bits per heavy atom. The highest BCUT2D eigenvalue weighted by Crippen LogP contribution is 2.66. The summed E-state index contributed by atoms with van der Waals surface area (Å²) in [5.74, 6) is 5.60. The topological polar surface area (TPSA) is 475 Å². The number of esters is 1. The zero-order valence-electron chi connectivity index (χ0n) is 49.7. The summed E-state index contributed by atoms with van der Waals surface area (Å²) in [5, 5.41) is 20.7. The van der Waals surface area contributed by atoms with E-state index < -0.39 is 67.0 Å². The first-order valence-electron chi connectivity index (χ1n) is 28.1. The Balaban J connectivity index is 0.758. The molecule has 37 heteroatoms. The molecule has 0 radical (unpaired) electrons. The number of aryl methyl sites for hydroxylation is 1. The van der Waals surface area contributed by atoms with Crippen LogP contribution in [-0.4, -0.2) is 143 Å². The Morgan fingerprint density at radius 1 is 0.901 bits per heavy atom. The monoisotopic (exact) mass is 1370 g/mol. The summed E-state index contributed by atoms with van der Waals surface area (Å²) in [6, 6.07) is 15.7. The zero-order valence-corrected chi connectivity index (χ0v) is 54.0. The van der Waals surface area contributed by atoms with E-state index in [2.05, 4.69) is 69.8 Å². The van der Waals surface area contributed by atoms with Gasteiger partial charge < -0.3 is 85.2 Å². The van der Waals surface area contributed by atoms with Crippen LogP contribution in [-0.2, 0) is 60.1 Å². The number of aromatic nitrogens is 2. The second-order valence-corrected chi connectivity index (χ2v) is 27.9. The lowest BCUT2D eigenvalue weighted by Crippen LogP contribution is -2.36. The minimum atomic E-state index is -5.82. The van der Waals surface area contributed by atoms with E-state index in [9.17, 15) is 42.7 Å². The van der Waals surface area contributed by atoms with Gasteiger partial charge >= 0.3 is 41.2 Å². The standard InChI is InChI=1S/C54H72N11O21P3S2/c1-35-11-12-36(27-42(35)49-40-15-13-38(55)28-43(40)83-44-29-39(56)14-16-41(44)49)51(67)59-20-24-78-26-25-77-22-8-10-48(66)80-23-17-54(2,3)91-90-34-79-21-6-4-5-18-60-52(68)61-19-7-9-37-31-65(53(69)63-50(37)57)47-30-45(81-33-62-64-58)46(84-47)32-82-88(73,74)86-89(75,76)85-87(70,71)72/h11-16,27-29,31,45-47,55H,4-6,8,10,17-26,30,32-34,56H2,1-3H3,(H,59,67)(H,73,74)(H,75,76)(H2,57,63,69)(H2,60,61,68)(H2,70,71,72)/t45-,46-,47-/m1/s1. The van der Waals surface area contributed by atoms with Crippen molar-refractivity contribution >= 4 is 85.4 Å². The summed E-state index contributed by atoms with van der Waals surface area (Å²) in [5.41, 5.74) is 24.9. The van der Waals surface area contributed by atoms with Crippen LogP contribution in [0.3, 0.4) is 0 Å². The molecule has 1 fully saturated rings. The molecule has 3 heterocycles. The maximum atomic E-state index is 13.2. The lowest BCUT2D eigenvalue weighted by atomic mass is 9.90. The molecule has 3 amide bonds. The van der Waals surface area contributed by atoms with E-state index >= 15 is 0 Å². The number of phosphoric acid groups is 3. The predicted molar refractivity (Wildman–Crippen MR) is 334 cm³/mol. The third-order valence-electron chi connectivity index (χ3n) is 13.0. The number of nitrogen functional groups attached to an aromatic ring is 2. The number of hydrogen-bond acceptors (Lipinski definition) is 24. The fourth-order valence-corrected chi connectivity index (χ4v) is 14.0. The Labute approximate surface area is 529 Å². The van der Waals surface area contributed by atoms with Crippen molar-refractivity contribution in [1.29, 1.82) is 5.41 Å². The molecule has 496 valence electrons. The van der Waals surface area contributed by atoms with Gasteiger partial charge in [-0.25, -0.2) is 23.3 Å². The summed E-state index contributed by atoms with van der Waals surface area (Å²) >= 11 is 0. The first-order chi connectivity index (χ1) is 43.2. The fraction of sp³-hybridized carbons (Fsp3) is 0.481. The normalized spacial score (nSPS) is 16.3. The van der Waals surface area contributed by atoms with Gasteiger partial charge in [-0.3, -0.25) is 18.7 Å². The van der Waals surface area contributed by atoms with Crippen LogP contribution in [0.4, 0.5) is 16.3 Å². The molecule has 2 unspecified atom stereocenters. The third kappa shape index (κ3) is 25.2. The number of nitrogens with one attached hydrogen (secondary N) is 4. The smallest absolute Gasteiger partial charge is 0.466 e. The minimum absolute atomic E-state index is 0.0454. The van der Waals surface area contributed by atoms with E-state index in [4.69, 9.17) is 65.0 Å². The van der Waals surface area contributed by atoms with Crippen molar-refractivity contribution in [1.82, 2.24) is 25.5 Å². The van der Waals surface area contributed by atoms with Gasteiger partial charge in [0.15, 0.2) is 0 Å². The largest absolute Gasteiger partial charge is 0.490 e. The number of hydrogen-bond donors (Lipinski definition) is 10. The van der Waals surface area contributed by atoms with E-state index in [0.29, 0.717) is 86.1 Å². The number of phosphoric ester groups is 1. The van der Waals surface area contributed by atoms with E-state index in [1.807, 2.05) is 31.2 Å². The minimum Gasteiger partial charge on any atom is -0.466 e. The van der Waals surface area contributed by atoms with Crippen molar-refractivity contribution in [2.75, 3.05) is 90.0 Å². The van der Waals surface area contributed by atoms with Gasteiger partial charge in [-0.1, -0.05) is 44.6 Å². The SMILES string of the molecule is Cc1ccc(C(=O)NCCOCCOCCCC(=O)OCCC(C)(C)SSCOCCCCCNC(=O)NCC#Cc2cn([C@H]3C[C@@H](OCN=[N+]=[N-])[C@@H](COP(=O)(O)OP(=O)(O)OP(=O)(O)O)O3)c(=O)nc2N)cc1-c1c2ccc(=N)cc-2oc2cc(N)ccc12. The van der Waals surface area contributed by atoms with E-state index in [1.54, 1.807) is 51.9 Å². The van der Waals surface area contributed by atoms with Crippen LogP contribution in [0.15, 0.2) is 75.1 Å². The van der Waals surface area contributed by atoms with E-state index in [0.717, 1.165) is 45.0 Å². The van der Waals surface area contributed by atoms with Gasteiger partial charge in [0.05, 0.1) is 56.6 Å². The van der Waals surface area contributed by atoms with Gasteiger partial charge in [0.1, 0.15) is 42.2 Å². The fourth-order valence-electron chi connectivity index (χ4n) is 8.65. The molecule has 5 atom stereocenters. The average Bonchev–Trinajstić information content (AvgIpc) is 1.28. The summed E-state index contributed by atoms with van der Waals surface area (Å²) in [6.07, 6.45) is 0.922. The molecule has 0 bridgehead atoms. The molecule has 91 heavy (non-hydrogen) atoms. The second kappa shape index (κ2) is 35.6. The molecule has 1 saturated heterocycles. The number of azide groups is 1. The number of nitrogens with two attached hydrogens (primary N) is 2. The molecule has 1 aromatic heterocycles. The number of amides is 3. The molecule has 0 saturated carbocycles. The lowest BCUT2D eigenvalue weighted by molar-refractivity contribution is -0.144. The van der Waals surface area contributed by atoms with Crippen LogP contribution >= 0.6 is 45.1 Å². The van der Waals surface area contributed by atoms with Crippen molar-refractivity contribution in [3.05, 3.63) is 104 Å². The van der Waals surface area contributed by atoms with Crippen molar-refractivity contribution in [3.8, 4) is 34.3 Å². The molecular weight excluding hydrogens is 1300 g/mol. The highest BCUT2D eigenvalue weighted by atomic mass is 33.1. The number of nitrogens with zero attached hydrogens (tertiary/aromatic N) is 5. The van der Waals surface area contributed by atoms with Gasteiger partial charge in [-0.2, -0.15) is 13.6 Å². The molecule has 0 spiro atoms. The van der Waals surface area contributed by atoms with E-state index in [-0.39, 0.29) is 67.1 Å². The number of benzene rings is 3.